The SMILES string of the molecule is Cc1ncn(CC(=O)c2ccc(C#N)cc2)c(=O)c1I. The molecule has 0 fully saturated rings. The molecular weight excluding hydrogens is 369 g/mol. The molecule has 5 nitrogen and oxygen atoms in total. The minimum atomic E-state index is -0.222. The highest BCUT2D eigenvalue weighted by Gasteiger charge is 2.11. The molecule has 0 unspecified atom stereocenters. The Morgan fingerprint density at radius 1 is 1.40 bits per heavy atom. The van der Waals surface area contributed by atoms with Gasteiger partial charge in [0.25, 0.3) is 5.56 Å². The van der Waals surface area contributed by atoms with Crippen LogP contribution in [0.2, 0.25) is 0 Å². The van der Waals surface area contributed by atoms with E-state index in [4.69, 9.17) is 5.26 Å². The quantitative estimate of drug-likeness (QED) is 0.603. The predicted octanol–water partition coefficient (Wildman–Crippen LogP) is 1.91. The summed E-state index contributed by atoms with van der Waals surface area (Å²) in [7, 11) is 0. The lowest BCUT2D eigenvalue weighted by atomic mass is 10.1. The van der Waals surface area contributed by atoms with Gasteiger partial charge in [-0.15, -0.1) is 0 Å². The van der Waals surface area contributed by atoms with Crippen molar-refractivity contribution >= 4 is 28.4 Å². The second kappa shape index (κ2) is 5.96. The summed E-state index contributed by atoms with van der Waals surface area (Å²) in [5.74, 6) is -0.196. The van der Waals surface area contributed by atoms with Crippen LogP contribution in [0.15, 0.2) is 35.4 Å². The molecule has 6 heteroatoms. The first kappa shape index (κ1) is 14.4. The fourth-order valence-corrected chi connectivity index (χ4v) is 2.08. The third-order valence-electron chi connectivity index (χ3n) is 2.81. The molecule has 0 spiro atoms. The van der Waals surface area contributed by atoms with Crippen LogP contribution in [0.4, 0.5) is 0 Å². The molecule has 100 valence electrons. The fourth-order valence-electron chi connectivity index (χ4n) is 1.64. The highest BCUT2D eigenvalue weighted by atomic mass is 127. The second-order valence-electron chi connectivity index (χ2n) is 4.19. The number of halogens is 1. The van der Waals surface area contributed by atoms with E-state index in [9.17, 15) is 9.59 Å². The van der Waals surface area contributed by atoms with Gasteiger partial charge in [0.1, 0.15) is 0 Å². The molecule has 2 rings (SSSR count). The molecule has 1 heterocycles. The van der Waals surface area contributed by atoms with Gasteiger partial charge in [0.2, 0.25) is 0 Å². The van der Waals surface area contributed by atoms with Gasteiger partial charge in [0.15, 0.2) is 5.78 Å². The maximum Gasteiger partial charge on any atom is 0.267 e. The van der Waals surface area contributed by atoms with Gasteiger partial charge in [-0.3, -0.25) is 14.2 Å². The first-order valence-corrected chi connectivity index (χ1v) is 6.85. The molecule has 0 amide bonds. The molecule has 0 radical (unpaired) electrons. The van der Waals surface area contributed by atoms with Gasteiger partial charge in [-0.1, -0.05) is 12.1 Å². The van der Waals surface area contributed by atoms with Gasteiger partial charge in [-0.2, -0.15) is 5.26 Å². The van der Waals surface area contributed by atoms with Gasteiger partial charge in [-0.05, 0) is 41.6 Å². The Hall–Kier alpha value is -2.01. The van der Waals surface area contributed by atoms with E-state index in [1.54, 1.807) is 31.2 Å². The van der Waals surface area contributed by atoms with Crippen molar-refractivity contribution in [1.29, 1.82) is 5.26 Å². The summed E-state index contributed by atoms with van der Waals surface area (Å²) in [6, 6.07) is 8.30. The van der Waals surface area contributed by atoms with E-state index in [1.165, 1.54) is 10.9 Å². The maximum atomic E-state index is 12.1. The molecule has 20 heavy (non-hydrogen) atoms. The molecule has 0 aliphatic carbocycles. The highest BCUT2D eigenvalue weighted by molar-refractivity contribution is 14.1. The van der Waals surface area contributed by atoms with Gasteiger partial charge in [0.05, 0.1) is 33.8 Å². The normalized spacial score (nSPS) is 10.1. The fraction of sp³-hybridized carbons (Fsp3) is 0.143. The van der Waals surface area contributed by atoms with Crippen LogP contribution in [0.1, 0.15) is 21.6 Å². The third-order valence-corrected chi connectivity index (χ3v) is 4.05. The zero-order valence-electron chi connectivity index (χ0n) is 10.6. The average molecular weight is 379 g/mol. The minimum absolute atomic E-state index is 0.0615. The summed E-state index contributed by atoms with van der Waals surface area (Å²) in [5, 5.41) is 8.71. The van der Waals surface area contributed by atoms with E-state index in [-0.39, 0.29) is 17.9 Å². The number of carbonyl (C=O) groups is 1. The summed E-state index contributed by atoms with van der Waals surface area (Å²) in [6.07, 6.45) is 1.38. The first-order chi connectivity index (χ1) is 9.52. The van der Waals surface area contributed by atoms with Crippen LogP contribution in [0.25, 0.3) is 0 Å². The summed E-state index contributed by atoms with van der Waals surface area (Å²) < 4.78 is 1.80. The number of aromatic nitrogens is 2. The van der Waals surface area contributed by atoms with Crippen LogP contribution in [0.3, 0.4) is 0 Å². The molecular formula is C14H10IN3O2. The van der Waals surface area contributed by atoms with Crippen molar-refractivity contribution in [3.8, 4) is 6.07 Å². The molecule has 0 aliphatic heterocycles. The Kier molecular flexibility index (Phi) is 4.29. The van der Waals surface area contributed by atoms with Crippen molar-refractivity contribution in [3.63, 3.8) is 0 Å². The van der Waals surface area contributed by atoms with Crippen molar-refractivity contribution in [3.05, 3.63) is 61.3 Å². The lowest BCUT2D eigenvalue weighted by molar-refractivity contribution is 0.0970. The Morgan fingerprint density at radius 3 is 2.65 bits per heavy atom. The number of nitrogens with zero attached hydrogens (tertiary/aromatic N) is 3. The second-order valence-corrected chi connectivity index (χ2v) is 5.27. The number of carbonyl (C=O) groups excluding carboxylic acids is 1. The van der Waals surface area contributed by atoms with E-state index in [1.807, 2.05) is 28.7 Å². The van der Waals surface area contributed by atoms with Crippen molar-refractivity contribution < 1.29 is 4.79 Å². The van der Waals surface area contributed by atoms with Gasteiger partial charge in [0, 0.05) is 5.56 Å². The van der Waals surface area contributed by atoms with E-state index in [0.717, 1.165) is 0 Å². The van der Waals surface area contributed by atoms with Crippen LogP contribution >= 0.6 is 22.6 Å². The number of nitriles is 1. The van der Waals surface area contributed by atoms with Crippen LogP contribution in [0.5, 0.6) is 0 Å². The Balaban J connectivity index is 2.26. The molecule has 0 saturated carbocycles. The molecule has 0 bridgehead atoms. The number of rotatable bonds is 3. The van der Waals surface area contributed by atoms with E-state index in [0.29, 0.717) is 20.4 Å². The van der Waals surface area contributed by atoms with Crippen molar-refractivity contribution in [2.75, 3.05) is 0 Å². The van der Waals surface area contributed by atoms with Gasteiger partial charge >= 0.3 is 0 Å². The third kappa shape index (κ3) is 2.93. The largest absolute Gasteiger partial charge is 0.292 e. The number of hydrogen-bond donors (Lipinski definition) is 0. The maximum absolute atomic E-state index is 12.1. The van der Waals surface area contributed by atoms with Crippen LogP contribution in [-0.4, -0.2) is 15.3 Å². The topological polar surface area (TPSA) is 75.8 Å². The number of Topliss-reactive ketones (excluding diaryl/α,β-unsaturated/α-hetero) is 1. The first-order valence-electron chi connectivity index (χ1n) is 5.78. The van der Waals surface area contributed by atoms with E-state index >= 15 is 0 Å². The lowest BCUT2D eigenvalue weighted by Crippen LogP contribution is -2.27. The van der Waals surface area contributed by atoms with Crippen LogP contribution in [-0.2, 0) is 6.54 Å². The number of hydrogen-bond acceptors (Lipinski definition) is 4. The smallest absolute Gasteiger partial charge is 0.267 e. The van der Waals surface area contributed by atoms with Gasteiger partial charge < -0.3 is 0 Å². The zero-order chi connectivity index (χ0) is 14.7. The summed E-state index contributed by atoms with van der Waals surface area (Å²) in [6.45, 7) is 1.68. The summed E-state index contributed by atoms with van der Waals surface area (Å²) >= 11 is 1.92. The Labute approximate surface area is 129 Å². The van der Waals surface area contributed by atoms with Crippen molar-refractivity contribution in [2.24, 2.45) is 0 Å². The van der Waals surface area contributed by atoms with Crippen LogP contribution < -0.4 is 5.56 Å². The highest BCUT2D eigenvalue weighted by Crippen LogP contribution is 2.06. The Bertz CT molecular complexity index is 757. The zero-order valence-corrected chi connectivity index (χ0v) is 12.8. The molecule has 0 saturated heterocycles. The molecule has 2 aromatic rings. The predicted molar refractivity (Wildman–Crippen MR) is 81.4 cm³/mol. The monoisotopic (exact) mass is 379 g/mol. The van der Waals surface area contributed by atoms with E-state index in [2.05, 4.69) is 4.98 Å². The standard InChI is InChI=1S/C14H10IN3O2/c1-9-13(15)14(20)18(8-17-9)7-12(19)11-4-2-10(6-16)3-5-11/h2-5,8H,7H2,1H3. The number of aryl methyl sites for hydroxylation is 1. The van der Waals surface area contributed by atoms with Crippen molar-refractivity contribution in [2.45, 2.75) is 13.5 Å². The number of ketones is 1. The van der Waals surface area contributed by atoms with Crippen LogP contribution in [0, 0.1) is 21.8 Å². The lowest BCUT2D eigenvalue weighted by Gasteiger charge is -2.06. The molecule has 0 N–H and O–H groups in total. The van der Waals surface area contributed by atoms with E-state index < -0.39 is 0 Å². The molecule has 1 aromatic heterocycles. The minimum Gasteiger partial charge on any atom is -0.292 e. The average Bonchev–Trinajstić information content (AvgIpc) is 2.48. The van der Waals surface area contributed by atoms with Gasteiger partial charge in [-0.25, -0.2) is 4.98 Å². The summed E-state index contributed by atoms with van der Waals surface area (Å²) in [4.78, 5) is 28.1. The molecule has 1 aromatic carbocycles. The van der Waals surface area contributed by atoms with Crippen molar-refractivity contribution in [1.82, 2.24) is 9.55 Å². The summed E-state index contributed by atoms with van der Waals surface area (Å²) in [5.41, 5.74) is 1.38. The number of benzene rings is 1. The molecule has 0 atom stereocenters. The molecule has 0 aliphatic rings. The Morgan fingerprint density at radius 2 is 2.05 bits per heavy atom.